The number of nitrogens with zero attached hydrogens (tertiary/aromatic N) is 3. The van der Waals surface area contributed by atoms with E-state index in [9.17, 15) is 13.2 Å². The van der Waals surface area contributed by atoms with Gasteiger partial charge in [0, 0.05) is 44.5 Å². The van der Waals surface area contributed by atoms with Crippen molar-refractivity contribution in [3.63, 3.8) is 0 Å². The van der Waals surface area contributed by atoms with Crippen LogP contribution < -0.4 is 10.6 Å². The molecule has 24 heavy (non-hydrogen) atoms. The Balaban J connectivity index is 1.71. The van der Waals surface area contributed by atoms with Gasteiger partial charge in [0.25, 0.3) is 0 Å². The van der Waals surface area contributed by atoms with Crippen molar-refractivity contribution in [2.24, 2.45) is 4.99 Å². The fourth-order valence-corrected chi connectivity index (χ4v) is 3.45. The van der Waals surface area contributed by atoms with Gasteiger partial charge in [-0.25, -0.2) is 4.98 Å². The molecule has 2 N–H and O–H groups in total. The molecule has 1 aromatic heterocycles. The molecule has 2 rings (SSSR count). The van der Waals surface area contributed by atoms with Crippen molar-refractivity contribution in [1.29, 1.82) is 0 Å². The topological polar surface area (TPSA) is 52.6 Å². The molecule has 136 valence electrons. The SMILES string of the molecule is CCc1nc(CCNC(=NC)NC2CCN(CC(F)(F)F)C2)cs1. The van der Waals surface area contributed by atoms with E-state index < -0.39 is 12.7 Å². The molecule has 5 nitrogen and oxygen atoms in total. The monoisotopic (exact) mass is 363 g/mol. The van der Waals surface area contributed by atoms with Gasteiger partial charge in [0.1, 0.15) is 0 Å². The molecule has 0 amide bonds. The first kappa shape index (κ1) is 19.0. The highest BCUT2D eigenvalue weighted by molar-refractivity contribution is 7.09. The van der Waals surface area contributed by atoms with Crippen molar-refractivity contribution in [1.82, 2.24) is 20.5 Å². The van der Waals surface area contributed by atoms with Gasteiger partial charge >= 0.3 is 6.18 Å². The van der Waals surface area contributed by atoms with Gasteiger partial charge in [0.05, 0.1) is 17.2 Å². The van der Waals surface area contributed by atoms with Gasteiger partial charge in [0.2, 0.25) is 0 Å². The standard InChI is InChI=1S/C15H24F3N5S/c1-3-13-21-12(9-24-13)4-6-20-14(19-2)22-11-5-7-23(8-11)10-15(16,17)18/h9,11H,3-8,10H2,1-2H3,(H2,19,20,22). The van der Waals surface area contributed by atoms with E-state index in [4.69, 9.17) is 0 Å². The Morgan fingerprint density at radius 2 is 2.29 bits per heavy atom. The van der Waals surface area contributed by atoms with E-state index in [-0.39, 0.29) is 6.04 Å². The number of thiazole rings is 1. The summed E-state index contributed by atoms with van der Waals surface area (Å²) in [6.45, 7) is 2.75. The molecule has 0 bridgehead atoms. The van der Waals surface area contributed by atoms with Crippen LogP contribution in [0.15, 0.2) is 10.4 Å². The molecule has 9 heteroatoms. The fraction of sp³-hybridized carbons (Fsp3) is 0.733. The Morgan fingerprint density at radius 3 is 2.92 bits per heavy atom. The van der Waals surface area contributed by atoms with Crippen molar-refractivity contribution in [3.8, 4) is 0 Å². The summed E-state index contributed by atoms with van der Waals surface area (Å²) in [5.41, 5.74) is 1.05. The zero-order valence-electron chi connectivity index (χ0n) is 14.0. The number of rotatable bonds is 6. The van der Waals surface area contributed by atoms with E-state index in [1.165, 1.54) is 4.90 Å². The lowest BCUT2D eigenvalue weighted by Gasteiger charge is -2.19. The molecule has 0 radical (unpaired) electrons. The van der Waals surface area contributed by atoms with Crippen molar-refractivity contribution in [3.05, 3.63) is 16.1 Å². The maximum absolute atomic E-state index is 12.4. The van der Waals surface area contributed by atoms with Crippen LogP contribution in [0, 0.1) is 0 Å². The minimum Gasteiger partial charge on any atom is -0.356 e. The number of aromatic nitrogens is 1. The predicted molar refractivity (Wildman–Crippen MR) is 90.6 cm³/mol. The lowest BCUT2D eigenvalue weighted by atomic mass is 10.3. The quantitative estimate of drug-likeness (QED) is 0.600. The van der Waals surface area contributed by atoms with E-state index in [1.54, 1.807) is 18.4 Å². The van der Waals surface area contributed by atoms with Crippen molar-refractivity contribution in [2.45, 2.75) is 38.4 Å². The van der Waals surface area contributed by atoms with Gasteiger partial charge in [-0.05, 0) is 12.8 Å². The molecule has 1 aliphatic rings. The number of likely N-dealkylation sites (tertiary alicyclic amines) is 1. The highest BCUT2D eigenvalue weighted by atomic mass is 32.1. The van der Waals surface area contributed by atoms with Crippen molar-refractivity contribution < 1.29 is 13.2 Å². The number of halogens is 3. The van der Waals surface area contributed by atoms with Crippen LogP contribution in [0.25, 0.3) is 0 Å². The minimum absolute atomic E-state index is 0.00971. The Labute approximate surface area is 144 Å². The number of guanidine groups is 1. The maximum atomic E-state index is 12.4. The zero-order chi connectivity index (χ0) is 17.6. The number of hydrogen-bond donors (Lipinski definition) is 2. The number of hydrogen-bond acceptors (Lipinski definition) is 4. The summed E-state index contributed by atoms with van der Waals surface area (Å²) in [5, 5.41) is 9.58. The van der Waals surface area contributed by atoms with Crippen molar-refractivity contribution in [2.75, 3.05) is 33.2 Å². The van der Waals surface area contributed by atoms with Crippen LogP contribution in [0.1, 0.15) is 24.0 Å². The molecule has 1 unspecified atom stereocenters. The minimum atomic E-state index is -4.14. The van der Waals surface area contributed by atoms with Crippen molar-refractivity contribution >= 4 is 17.3 Å². The van der Waals surface area contributed by atoms with Gasteiger partial charge in [-0.2, -0.15) is 13.2 Å². The molecule has 1 aromatic rings. The summed E-state index contributed by atoms with van der Waals surface area (Å²) >= 11 is 1.66. The second kappa shape index (κ2) is 8.66. The van der Waals surface area contributed by atoms with Gasteiger partial charge in [-0.3, -0.25) is 9.89 Å². The smallest absolute Gasteiger partial charge is 0.356 e. The summed E-state index contributed by atoms with van der Waals surface area (Å²) in [7, 11) is 1.66. The fourth-order valence-electron chi connectivity index (χ4n) is 2.67. The second-order valence-electron chi connectivity index (χ2n) is 5.82. The van der Waals surface area contributed by atoms with E-state index in [0.29, 0.717) is 32.0 Å². The lowest BCUT2D eigenvalue weighted by Crippen LogP contribution is -2.45. The van der Waals surface area contributed by atoms with Gasteiger partial charge in [-0.15, -0.1) is 11.3 Å². The summed E-state index contributed by atoms with van der Waals surface area (Å²) in [6, 6.07) is -0.00971. The second-order valence-corrected chi connectivity index (χ2v) is 6.76. The Kier molecular flexibility index (Phi) is 6.85. The first-order chi connectivity index (χ1) is 11.4. The first-order valence-corrected chi connectivity index (χ1v) is 8.97. The average molecular weight is 363 g/mol. The predicted octanol–water partition coefficient (Wildman–Crippen LogP) is 2.05. The molecule has 1 atom stereocenters. The summed E-state index contributed by atoms with van der Waals surface area (Å²) in [6.07, 6.45) is -1.72. The Hall–Kier alpha value is -1.35. The van der Waals surface area contributed by atoms with Crippen LogP contribution in [-0.4, -0.2) is 61.3 Å². The Morgan fingerprint density at radius 1 is 1.50 bits per heavy atom. The van der Waals surface area contributed by atoms with E-state index >= 15 is 0 Å². The molecule has 1 saturated heterocycles. The lowest BCUT2D eigenvalue weighted by molar-refractivity contribution is -0.143. The molecular weight excluding hydrogens is 339 g/mol. The first-order valence-electron chi connectivity index (χ1n) is 8.09. The number of alkyl halides is 3. The molecule has 2 heterocycles. The summed E-state index contributed by atoms with van der Waals surface area (Å²) in [4.78, 5) is 10.1. The molecule has 1 aliphatic heterocycles. The largest absolute Gasteiger partial charge is 0.401 e. The normalized spacial score (nSPS) is 19.7. The number of aryl methyl sites for hydroxylation is 1. The highest BCUT2D eigenvalue weighted by Gasteiger charge is 2.34. The van der Waals surface area contributed by atoms with Crippen LogP contribution in [-0.2, 0) is 12.8 Å². The van der Waals surface area contributed by atoms with Crippen LogP contribution in [0.5, 0.6) is 0 Å². The third-order valence-electron chi connectivity index (χ3n) is 3.82. The molecular formula is C15H24F3N5S. The molecule has 0 aromatic carbocycles. The van der Waals surface area contributed by atoms with Crippen LogP contribution in [0.3, 0.4) is 0 Å². The average Bonchev–Trinajstić information content (AvgIpc) is 3.14. The van der Waals surface area contributed by atoms with Crippen LogP contribution in [0.4, 0.5) is 13.2 Å². The van der Waals surface area contributed by atoms with E-state index in [1.807, 2.05) is 0 Å². The number of aliphatic imine (C=N–C) groups is 1. The number of nitrogens with one attached hydrogen (secondary N) is 2. The van der Waals surface area contributed by atoms with Gasteiger partial charge < -0.3 is 10.6 Å². The van der Waals surface area contributed by atoms with Crippen LogP contribution in [0.2, 0.25) is 0 Å². The highest BCUT2D eigenvalue weighted by Crippen LogP contribution is 2.19. The van der Waals surface area contributed by atoms with Gasteiger partial charge in [0.15, 0.2) is 5.96 Å². The molecule has 1 fully saturated rings. The summed E-state index contributed by atoms with van der Waals surface area (Å²) in [5.74, 6) is 0.625. The van der Waals surface area contributed by atoms with Gasteiger partial charge in [-0.1, -0.05) is 6.92 Å². The third-order valence-corrected chi connectivity index (χ3v) is 4.86. The molecule has 0 spiro atoms. The van der Waals surface area contributed by atoms with E-state index in [2.05, 4.69) is 32.9 Å². The zero-order valence-corrected chi connectivity index (χ0v) is 14.8. The molecule has 0 aliphatic carbocycles. The maximum Gasteiger partial charge on any atom is 0.401 e. The van der Waals surface area contributed by atoms with E-state index in [0.717, 1.165) is 23.5 Å². The molecule has 0 saturated carbocycles. The third kappa shape index (κ3) is 6.27. The van der Waals surface area contributed by atoms with Crippen LogP contribution >= 0.6 is 11.3 Å². The summed E-state index contributed by atoms with van der Waals surface area (Å²) < 4.78 is 37.2. The Bertz CT molecular complexity index is 543.